The summed E-state index contributed by atoms with van der Waals surface area (Å²) in [4.78, 5) is 0. The Morgan fingerprint density at radius 1 is 0.500 bits per heavy atom. The van der Waals surface area contributed by atoms with Crippen LogP contribution in [0.5, 0.6) is 0 Å². The summed E-state index contributed by atoms with van der Waals surface area (Å²) < 4.78 is 0. The van der Waals surface area contributed by atoms with Gasteiger partial charge in [-0.15, -0.1) is 0 Å². The van der Waals surface area contributed by atoms with Crippen LogP contribution >= 0.6 is 0 Å². The van der Waals surface area contributed by atoms with Crippen molar-refractivity contribution in [1.82, 2.24) is 0 Å². The lowest BCUT2D eigenvalue weighted by atomic mass is 9.32. The predicted octanol–water partition coefficient (Wildman–Crippen LogP) is 10.7. The molecule has 0 saturated carbocycles. The smallest absolute Gasteiger partial charge is 0.0933 e. The summed E-state index contributed by atoms with van der Waals surface area (Å²) in [6.45, 7) is 31.0. The van der Waals surface area contributed by atoms with Crippen LogP contribution in [0.4, 0.5) is 0 Å². The monoisotopic (exact) mass is 534 g/mol. The summed E-state index contributed by atoms with van der Waals surface area (Å²) >= 11 is 0. The molecule has 0 aliphatic carbocycles. The zero-order chi connectivity index (χ0) is 29.9. The number of benzene rings is 3. The Hall–Kier alpha value is -2.54. The third-order valence-electron chi connectivity index (χ3n) is 8.58. The molecule has 0 radical (unpaired) electrons. The maximum atomic E-state index is 2.53. The van der Waals surface area contributed by atoms with Crippen molar-refractivity contribution in [3.05, 3.63) is 99.0 Å². The van der Waals surface area contributed by atoms with Crippen molar-refractivity contribution in [1.29, 1.82) is 0 Å². The molecule has 0 bridgehead atoms. The largest absolute Gasteiger partial charge is 0.238 e. The molecule has 40 heavy (non-hydrogen) atoms. The lowest BCUT2D eigenvalue weighted by Crippen LogP contribution is -2.51. The van der Waals surface area contributed by atoms with E-state index in [1.807, 2.05) is 0 Å². The van der Waals surface area contributed by atoms with E-state index in [2.05, 4.69) is 151 Å². The SMILES string of the molecule is C/C(=C\c1ccccc1)B(c1c(C(C)C)cc(C(C)C)cc1C(C)C)c1c(C(C)C)cc(C(C)C)cc1C(C)C. The Kier molecular flexibility index (Phi) is 10.7. The minimum atomic E-state index is 0.201. The van der Waals surface area contributed by atoms with Crippen molar-refractivity contribution in [2.75, 3.05) is 0 Å². The summed E-state index contributed by atoms with van der Waals surface area (Å²) in [6.07, 6.45) is 2.44. The summed E-state index contributed by atoms with van der Waals surface area (Å²) in [7, 11) is 0. The van der Waals surface area contributed by atoms with Crippen LogP contribution in [0.1, 0.15) is 164 Å². The van der Waals surface area contributed by atoms with Crippen LogP contribution in [0.15, 0.2) is 60.1 Å². The molecule has 0 fully saturated rings. The zero-order valence-electron chi connectivity index (χ0n) is 27.8. The summed E-state index contributed by atoms with van der Waals surface area (Å²) in [5.41, 5.74) is 14.8. The van der Waals surface area contributed by atoms with E-state index in [1.54, 1.807) is 10.9 Å². The number of allylic oxidation sites excluding steroid dienone is 1. The van der Waals surface area contributed by atoms with Gasteiger partial charge in [0.1, 0.15) is 0 Å². The van der Waals surface area contributed by atoms with Crippen LogP contribution in [0.2, 0.25) is 0 Å². The van der Waals surface area contributed by atoms with Gasteiger partial charge in [-0.25, -0.2) is 0 Å². The van der Waals surface area contributed by atoms with Crippen LogP contribution < -0.4 is 10.9 Å². The molecule has 0 aliphatic heterocycles. The average molecular weight is 535 g/mol. The lowest BCUT2D eigenvalue weighted by molar-refractivity contribution is 0.809. The van der Waals surface area contributed by atoms with Gasteiger partial charge >= 0.3 is 0 Å². The Balaban J connectivity index is 2.58. The Morgan fingerprint density at radius 3 is 1.10 bits per heavy atom. The number of hydrogen-bond donors (Lipinski definition) is 0. The number of rotatable bonds is 10. The summed E-state index contributed by atoms with van der Waals surface area (Å²) in [5.74, 6) is 2.78. The van der Waals surface area contributed by atoms with Gasteiger partial charge < -0.3 is 0 Å². The van der Waals surface area contributed by atoms with Crippen LogP contribution in [-0.4, -0.2) is 6.71 Å². The molecule has 214 valence electrons. The second-order valence-corrected chi connectivity index (χ2v) is 13.9. The van der Waals surface area contributed by atoms with Crippen molar-refractivity contribution >= 4 is 23.7 Å². The molecule has 3 aromatic rings. The fourth-order valence-corrected chi connectivity index (χ4v) is 6.19. The van der Waals surface area contributed by atoms with E-state index in [-0.39, 0.29) is 6.71 Å². The third kappa shape index (κ3) is 7.02. The normalized spacial score (nSPS) is 12.6. The van der Waals surface area contributed by atoms with Gasteiger partial charge in [0, 0.05) is 0 Å². The van der Waals surface area contributed by atoms with E-state index in [0.717, 1.165) is 0 Å². The predicted molar refractivity (Wildman–Crippen MR) is 183 cm³/mol. The van der Waals surface area contributed by atoms with Crippen LogP contribution in [0.3, 0.4) is 0 Å². The fourth-order valence-electron chi connectivity index (χ4n) is 6.19. The van der Waals surface area contributed by atoms with Gasteiger partial charge in [0.25, 0.3) is 0 Å². The van der Waals surface area contributed by atoms with Crippen molar-refractivity contribution in [2.45, 2.75) is 126 Å². The van der Waals surface area contributed by atoms with E-state index in [0.29, 0.717) is 35.5 Å². The minimum absolute atomic E-state index is 0.201. The molecular formula is C39H55B. The third-order valence-corrected chi connectivity index (χ3v) is 8.58. The van der Waals surface area contributed by atoms with E-state index in [4.69, 9.17) is 0 Å². The van der Waals surface area contributed by atoms with Gasteiger partial charge in [-0.2, -0.15) is 0 Å². The van der Waals surface area contributed by atoms with Crippen LogP contribution in [0, 0.1) is 0 Å². The topological polar surface area (TPSA) is 0 Å². The highest BCUT2D eigenvalue weighted by molar-refractivity contribution is 6.92. The first-order chi connectivity index (χ1) is 18.7. The molecule has 0 amide bonds. The van der Waals surface area contributed by atoms with Crippen LogP contribution in [0.25, 0.3) is 6.08 Å². The van der Waals surface area contributed by atoms with Crippen molar-refractivity contribution < 1.29 is 0 Å². The highest BCUT2D eigenvalue weighted by Crippen LogP contribution is 2.32. The average Bonchev–Trinajstić information content (AvgIpc) is 2.88. The van der Waals surface area contributed by atoms with Gasteiger partial charge in [0.15, 0.2) is 0 Å². The molecular weight excluding hydrogens is 479 g/mol. The molecule has 0 saturated heterocycles. The van der Waals surface area contributed by atoms with Gasteiger partial charge in [0.2, 0.25) is 6.71 Å². The van der Waals surface area contributed by atoms with Gasteiger partial charge in [-0.3, -0.25) is 0 Å². The molecule has 0 N–H and O–H groups in total. The van der Waals surface area contributed by atoms with Crippen molar-refractivity contribution in [3.8, 4) is 0 Å². The highest BCUT2D eigenvalue weighted by Gasteiger charge is 2.34. The first-order valence-electron chi connectivity index (χ1n) is 15.8. The quantitative estimate of drug-likeness (QED) is 0.227. The fraction of sp³-hybridized carbons (Fsp3) is 0.487. The molecule has 3 rings (SSSR count). The minimum Gasteiger partial charge on any atom is -0.0933 e. The maximum Gasteiger partial charge on any atom is 0.238 e. The molecule has 0 spiro atoms. The van der Waals surface area contributed by atoms with E-state index in [9.17, 15) is 0 Å². The van der Waals surface area contributed by atoms with E-state index in [1.165, 1.54) is 44.4 Å². The maximum absolute atomic E-state index is 2.53. The first kappa shape index (κ1) is 32.0. The Bertz CT molecular complexity index is 1170. The van der Waals surface area contributed by atoms with E-state index < -0.39 is 0 Å². The molecule has 0 aliphatic rings. The van der Waals surface area contributed by atoms with Gasteiger partial charge in [-0.1, -0.05) is 167 Å². The van der Waals surface area contributed by atoms with E-state index >= 15 is 0 Å². The molecule has 0 aromatic heterocycles. The molecule has 3 aromatic carbocycles. The molecule has 0 nitrogen and oxygen atoms in total. The van der Waals surface area contributed by atoms with Crippen LogP contribution in [-0.2, 0) is 0 Å². The Labute approximate surface area is 247 Å². The lowest BCUT2D eigenvalue weighted by Gasteiger charge is -2.32. The molecule has 0 unspecified atom stereocenters. The van der Waals surface area contributed by atoms with Gasteiger partial charge in [0.05, 0.1) is 0 Å². The van der Waals surface area contributed by atoms with Crippen molar-refractivity contribution in [3.63, 3.8) is 0 Å². The molecule has 0 atom stereocenters. The molecule has 0 heterocycles. The zero-order valence-corrected chi connectivity index (χ0v) is 27.8. The Morgan fingerprint density at radius 2 is 0.825 bits per heavy atom. The summed E-state index contributed by atoms with van der Waals surface area (Å²) in [6, 6.07) is 21.0. The second-order valence-electron chi connectivity index (χ2n) is 13.9. The number of hydrogen-bond acceptors (Lipinski definition) is 0. The highest BCUT2D eigenvalue weighted by atomic mass is 14.2. The van der Waals surface area contributed by atoms with Crippen molar-refractivity contribution in [2.24, 2.45) is 0 Å². The standard InChI is InChI=1S/C39H55B/c1-24(2)32-20-34(26(5)6)38(35(21-32)27(7)8)40(30(13)19-31-17-15-14-16-18-31)39-36(28(9)10)22-33(25(3)4)23-37(39)29(11)12/h14-29H,1-13H3/b30-19+. The first-order valence-corrected chi connectivity index (χ1v) is 15.8. The van der Waals surface area contributed by atoms with Gasteiger partial charge in [-0.05, 0) is 74.5 Å². The molecule has 1 heteroatoms. The summed E-state index contributed by atoms with van der Waals surface area (Å²) in [5, 5.41) is 0. The second kappa shape index (κ2) is 13.4.